The summed E-state index contributed by atoms with van der Waals surface area (Å²) in [4.78, 5) is 7.18. The van der Waals surface area contributed by atoms with Gasteiger partial charge in [-0.15, -0.1) is 11.3 Å². The van der Waals surface area contributed by atoms with Crippen LogP contribution in [-0.4, -0.2) is 41.1 Å². The van der Waals surface area contributed by atoms with Gasteiger partial charge in [-0.2, -0.15) is 0 Å². The molecule has 116 valence electrons. The van der Waals surface area contributed by atoms with Crippen molar-refractivity contribution in [2.75, 3.05) is 19.6 Å². The number of nitrogens with zero attached hydrogens (tertiary/aromatic N) is 2. The van der Waals surface area contributed by atoms with Gasteiger partial charge in [-0.05, 0) is 46.8 Å². The number of thiazole rings is 1. The summed E-state index contributed by atoms with van der Waals surface area (Å²) in [6.07, 6.45) is 2.18. The fourth-order valence-corrected chi connectivity index (χ4v) is 3.49. The van der Waals surface area contributed by atoms with E-state index in [1.54, 1.807) is 11.3 Å². The summed E-state index contributed by atoms with van der Waals surface area (Å²) in [5.74, 6) is 0. The van der Waals surface area contributed by atoms with Crippen LogP contribution in [0, 0.1) is 6.92 Å². The first-order valence-electron chi connectivity index (χ1n) is 7.85. The van der Waals surface area contributed by atoms with E-state index < -0.39 is 0 Å². The van der Waals surface area contributed by atoms with Crippen LogP contribution in [0.5, 0.6) is 0 Å². The molecular formula is C16H31N3S. The lowest BCUT2D eigenvalue weighted by molar-refractivity contribution is 0.0908. The Hall–Kier alpha value is -0.450. The summed E-state index contributed by atoms with van der Waals surface area (Å²) in [6, 6.07) is 0.434. The van der Waals surface area contributed by atoms with Gasteiger partial charge >= 0.3 is 0 Å². The van der Waals surface area contributed by atoms with Gasteiger partial charge in [0.1, 0.15) is 0 Å². The topological polar surface area (TPSA) is 28.2 Å². The molecule has 0 saturated heterocycles. The highest BCUT2D eigenvalue weighted by Crippen LogP contribution is 2.22. The Morgan fingerprint density at radius 1 is 1.30 bits per heavy atom. The molecule has 1 N–H and O–H groups in total. The molecule has 0 aliphatic heterocycles. The fraction of sp³-hybridized carbons (Fsp3) is 0.812. The minimum Gasteiger partial charge on any atom is -0.312 e. The smallest absolute Gasteiger partial charge is 0.0897 e. The zero-order valence-corrected chi connectivity index (χ0v) is 14.8. The maximum atomic E-state index is 4.64. The molecule has 1 aromatic heterocycles. The molecule has 1 unspecified atom stereocenters. The van der Waals surface area contributed by atoms with E-state index in [1.165, 1.54) is 12.1 Å². The maximum absolute atomic E-state index is 4.64. The molecule has 20 heavy (non-hydrogen) atoms. The van der Waals surface area contributed by atoms with Crippen LogP contribution >= 0.6 is 11.3 Å². The van der Waals surface area contributed by atoms with Crippen LogP contribution in [0.1, 0.15) is 51.7 Å². The lowest BCUT2D eigenvalue weighted by Gasteiger charge is -2.44. The molecule has 0 radical (unpaired) electrons. The highest BCUT2D eigenvalue weighted by molar-refractivity contribution is 7.09. The number of nitrogens with one attached hydrogen (secondary N) is 1. The molecule has 0 aliphatic rings. The Labute approximate surface area is 128 Å². The van der Waals surface area contributed by atoms with Crippen molar-refractivity contribution in [3.05, 3.63) is 16.1 Å². The molecule has 1 atom stereocenters. The summed E-state index contributed by atoms with van der Waals surface area (Å²) in [7, 11) is 0. The molecule has 0 bridgehead atoms. The zero-order valence-electron chi connectivity index (χ0n) is 14.0. The molecule has 0 spiro atoms. The monoisotopic (exact) mass is 297 g/mol. The third-order valence-corrected chi connectivity index (χ3v) is 4.97. The van der Waals surface area contributed by atoms with Gasteiger partial charge in [0.25, 0.3) is 0 Å². The van der Waals surface area contributed by atoms with E-state index in [-0.39, 0.29) is 5.54 Å². The lowest BCUT2D eigenvalue weighted by atomic mass is 9.88. The summed E-state index contributed by atoms with van der Waals surface area (Å²) in [6.45, 7) is 16.7. The first-order valence-corrected chi connectivity index (χ1v) is 8.73. The maximum Gasteiger partial charge on any atom is 0.0897 e. The number of likely N-dealkylation sites (N-methyl/N-ethyl adjacent to an activating group) is 1. The Morgan fingerprint density at radius 3 is 2.40 bits per heavy atom. The molecule has 0 aromatic carbocycles. The third kappa shape index (κ3) is 4.54. The van der Waals surface area contributed by atoms with Crippen LogP contribution in [0.25, 0.3) is 0 Å². The molecule has 4 heteroatoms. The van der Waals surface area contributed by atoms with E-state index in [9.17, 15) is 0 Å². The van der Waals surface area contributed by atoms with Crippen molar-refractivity contribution >= 4 is 11.3 Å². The van der Waals surface area contributed by atoms with Crippen molar-refractivity contribution in [2.45, 2.75) is 66.0 Å². The number of aryl methyl sites for hydroxylation is 1. The number of aromatic nitrogens is 1. The predicted octanol–water partition coefficient (Wildman–Crippen LogP) is 3.48. The second kappa shape index (κ2) is 8.11. The zero-order chi connectivity index (χ0) is 15.2. The third-order valence-electron chi connectivity index (χ3n) is 4.15. The van der Waals surface area contributed by atoms with E-state index in [4.69, 9.17) is 0 Å². The Morgan fingerprint density at radius 2 is 1.95 bits per heavy atom. The van der Waals surface area contributed by atoms with Crippen LogP contribution in [0.4, 0.5) is 0 Å². The van der Waals surface area contributed by atoms with Crippen molar-refractivity contribution in [3.63, 3.8) is 0 Å². The minimum atomic E-state index is 0.135. The van der Waals surface area contributed by atoms with E-state index in [0.29, 0.717) is 6.04 Å². The van der Waals surface area contributed by atoms with Gasteiger partial charge in [0.05, 0.1) is 10.7 Å². The molecule has 1 rings (SSSR count). The van der Waals surface area contributed by atoms with Gasteiger partial charge < -0.3 is 5.32 Å². The highest BCUT2D eigenvalue weighted by Gasteiger charge is 2.33. The van der Waals surface area contributed by atoms with E-state index in [1.807, 2.05) is 0 Å². The number of rotatable bonds is 9. The van der Waals surface area contributed by atoms with Gasteiger partial charge in [0.15, 0.2) is 0 Å². The normalized spacial score (nSPS) is 13.9. The van der Waals surface area contributed by atoms with Crippen molar-refractivity contribution in [1.29, 1.82) is 0 Å². The van der Waals surface area contributed by atoms with Gasteiger partial charge in [0, 0.05) is 23.4 Å². The molecule has 0 aliphatic carbocycles. The Kier molecular flexibility index (Phi) is 7.13. The van der Waals surface area contributed by atoms with E-state index in [0.717, 1.165) is 31.1 Å². The van der Waals surface area contributed by atoms with Crippen molar-refractivity contribution < 1.29 is 0 Å². The van der Waals surface area contributed by atoms with E-state index >= 15 is 0 Å². The summed E-state index contributed by atoms with van der Waals surface area (Å²) >= 11 is 1.75. The second-order valence-corrected chi connectivity index (χ2v) is 6.96. The molecule has 0 amide bonds. The van der Waals surface area contributed by atoms with E-state index in [2.05, 4.69) is 62.1 Å². The van der Waals surface area contributed by atoms with Crippen LogP contribution < -0.4 is 5.32 Å². The van der Waals surface area contributed by atoms with Gasteiger partial charge in [-0.3, -0.25) is 4.90 Å². The average Bonchev–Trinajstić information content (AvgIpc) is 2.81. The van der Waals surface area contributed by atoms with Crippen LogP contribution in [0.15, 0.2) is 5.38 Å². The molecular weight excluding hydrogens is 266 g/mol. The quantitative estimate of drug-likeness (QED) is 0.756. The molecule has 0 saturated carbocycles. The minimum absolute atomic E-state index is 0.135. The number of hydrogen-bond donors (Lipinski definition) is 1. The predicted molar refractivity (Wildman–Crippen MR) is 89.6 cm³/mol. The molecule has 1 aromatic rings. The summed E-state index contributed by atoms with van der Waals surface area (Å²) < 4.78 is 0. The Balaban J connectivity index is 2.86. The van der Waals surface area contributed by atoms with Crippen LogP contribution in [-0.2, 0) is 6.42 Å². The van der Waals surface area contributed by atoms with Gasteiger partial charge in [-0.1, -0.05) is 20.8 Å². The largest absolute Gasteiger partial charge is 0.312 e. The standard InChI is InChI=1S/C16H31N3S/c1-7-10-17-15(11-14-12-20-13(4)18-14)16(5,6)19(8-2)9-3/h12,15,17H,7-11H2,1-6H3. The summed E-state index contributed by atoms with van der Waals surface area (Å²) in [5, 5.41) is 7.10. The van der Waals surface area contributed by atoms with Gasteiger partial charge in [0.2, 0.25) is 0 Å². The lowest BCUT2D eigenvalue weighted by Crippen LogP contribution is -2.58. The average molecular weight is 298 g/mol. The molecule has 0 fully saturated rings. The number of hydrogen-bond acceptors (Lipinski definition) is 4. The molecule has 1 heterocycles. The highest BCUT2D eigenvalue weighted by atomic mass is 32.1. The van der Waals surface area contributed by atoms with Crippen molar-refractivity contribution in [1.82, 2.24) is 15.2 Å². The van der Waals surface area contributed by atoms with Crippen LogP contribution in [0.3, 0.4) is 0 Å². The SMILES string of the molecule is CCCNC(Cc1csc(C)n1)C(C)(C)N(CC)CC. The Bertz CT molecular complexity index is 383. The van der Waals surface area contributed by atoms with Crippen molar-refractivity contribution in [2.24, 2.45) is 0 Å². The first-order chi connectivity index (χ1) is 9.45. The first kappa shape index (κ1) is 17.6. The molecule has 3 nitrogen and oxygen atoms in total. The fourth-order valence-electron chi connectivity index (χ4n) is 2.86. The van der Waals surface area contributed by atoms with Crippen molar-refractivity contribution in [3.8, 4) is 0 Å². The summed E-state index contributed by atoms with van der Waals surface area (Å²) in [5.41, 5.74) is 1.36. The van der Waals surface area contributed by atoms with Gasteiger partial charge in [-0.25, -0.2) is 4.98 Å². The van der Waals surface area contributed by atoms with Crippen LogP contribution in [0.2, 0.25) is 0 Å². The second-order valence-electron chi connectivity index (χ2n) is 5.89.